The number of rotatable bonds is 4. The Morgan fingerprint density at radius 1 is 1.45 bits per heavy atom. The predicted octanol–water partition coefficient (Wildman–Crippen LogP) is 2.67. The Labute approximate surface area is 125 Å². The summed E-state index contributed by atoms with van der Waals surface area (Å²) in [5, 5.41) is 2.95. The van der Waals surface area contributed by atoms with Crippen molar-refractivity contribution >= 4 is 33.9 Å². The lowest BCUT2D eigenvalue weighted by molar-refractivity contribution is -0.117. The zero-order chi connectivity index (χ0) is 14.1. The van der Waals surface area contributed by atoms with Crippen LogP contribution in [0.1, 0.15) is 16.8 Å². The van der Waals surface area contributed by atoms with Crippen molar-refractivity contribution in [3.63, 3.8) is 0 Å². The van der Waals surface area contributed by atoms with Gasteiger partial charge in [0, 0.05) is 35.2 Å². The van der Waals surface area contributed by atoms with Gasteiger partial charge >= 0.3 is 0 Å². The zero-order valence-electron chi connectivity index (χ0n) is 10.7. The van der Waals surface area contributed by atoms with Crippen molar-refractivity contribution in [3.05, 3.63) is 39.4 Å². The Hall–Kier alpha value is -1.59. The molecule has 2 N–H and O–H groups in total. The standard InChI is InChI=1S/C14H13ClN2O2S/c15-10-3-8-1-2-19-13(8)9(4-10)5-12(18)6-11-7-20-14(16)17-11/h3-4,7H,1-2,5-6H2,(H2,16,17). The van der Waals surface area contributed by atoms with E-state index in [0.717, 1.165) is 29.0 Å². The number of carbonyl (C=O) groups is 1. The Morgan fingerprint density at radius 3 is 3.05 bits per heavy atom. The predicted molar refractivity (Wildman–Crippen MR) is 79.6 cm³/mol. The first kappa shape index (κ1) is 13.4. The van der Waals surface area contributed by atoms with Crippen LogP contribution in [0.3, 0.4) is 0 Å². The van der Waals surface area contributed by atoms with E-state index >= 15 is 0 Å². The molecule has 2 heterocycles. The maximum absolute atomic E-state index is 12.1. The van der Waals surface area contributed by atoms with Crippen LogP contribution in [0.15, 0.2) is 17.5 Å². The number of halogens is 1. The van der Waals surface area contributed by atoms with Crippen molar-refractivity contribution < 1.29 is 9.53 Å². The van der Waals surface area contributed by atoms with Crippen molar-refractivity contribution in [2.75, 3.05) is 12.3 Å². The lowest BCUT2D eigenvalue weighted by Crippen LogP contribution is -2.08. The highest BCUT2D eigenvalue weighted by Gasteiger charge is 2.19. The first-order chi connectivity index (χ1) is 9.61. The molecule has 6 heteroatoms. The van der Waals surface area contributed by atoms with Gasteiger partial charge in [0.05, 0.1) is 12.3 Å². The van der Waals surface area contributed by atoms with Crippen LogP contribution < -0.4 is 10.5 Å². The summed E-state index contributed by atoms with van der Waals surface area (Å²) >= 11 is 7.43. The second-order valence-corrected chi connectivity index (χ2v) is 6.05. The highest BCUT2D eigenvalue weighted by molar-refractivity contribution is 7.13. The first-order valence-corrected chi connectivity index (χ1v) is 7.53. The van der Waals surface area contributed by atoms with E-state index in [1.54, 1.807) is 6.07 Å². The molecule has 0 unspecified atom stereocenters. The topological polar surface area (TPSA) is 65.2 Å². The lowest BCUT2D eigenvalue weighted by Gasteiger charge is -2.08. The third-order valence-electron chi connectivity index (χ3n) is 3.16. The van der Waals surface area contributed by atoms with E-state index in [-0.39, 0.29) is 12.2 Å². The van der Waals surface area contributed by atoms with Crippen LogP contribution in [0.2, 0.25) is 5.02 Å². The quantitative estimate of drug-likeness (QED) is 0.943. The number of ether oxygens (including phenoxy) is 1. The summed E-state index contributed by atoms with van der Waals surface area (Å²) in [4.78, 5) is 16.2. The van der Waals surface area contributed by atoms with Crippen LogP contribution in [0.25, 0.3) is 0 Å². The van der Waals surface area contributed by atoms with Gasteiger partial charge in [0.25, 0.3) is 0 Å². The molecule has 4 nitrogen and oxygen atoms in total. The molecule has 3 rings (SSSR count). The van der Waals surface area contributed by atoms with Gasteiger partial charge in [-0.3, -0.25) is 4.79 Å². The molecule has 1 aromatic heterocycles. The van der Waals surface area contributed by atoms with Gasteiger partial charge in [-0.1, -0.05) is 11.6 Å². The van der Waals surface area contributed by atoms with Crippen molar-refractivity contribution in [3.8, 4) is 5.75 Å². The molecule has 0 fully saturated rings. The Morgan fingerprint density at radius 2 is 2.30 bits per heavy atom. The number of carbonyl (C=O) groups excluding carboxylic acids is 1. The van der Waals surface area contributed by atoms with E-state index in [2.05, 4.69) is 4.98 Å². The van der Waals surface area contributed by atoms with Crippen LogP contribution in [0.4, 0.5) is 5.13 Å². The average molecular weight is 309 g/mol. The number of thiazole rings is 1. The minimum Gasteiger partial charge on any atom is -0.493 e. The molecule has 0 spiro atoms. The molecule has 1 aliphatic rings. The number of hydrogen-bond acceptors (Lipinski definition) is 5. The summed E-state index contributed by atoms with van der Waals surface area (Å²) in [5.74, 6) is 0.899. The number of nitrogens with two attached hydrogens (primary N) is 1. The normalized spacial score (nSPS) is 13.1. The summed E-state index contributed by atoms with van der Waals surface area (Å²) in [6, 6.07) is 3.71. The molecule has 1 aliphatic heterocycles. The monoisotopic (exact) mass is 308 g/mol. The first-order valence-electron chi connectivity index (χ1n) is 6.27. The van der Waals surface area contributed by atoms with E-state index in [9.17, 15) is 4.79 Å². The number of Topliss-reactive ketones (excluding diaryl/α,β-unsaturated/α-hetero) is 1. The van der Waals surface area contributed by atoms with E-state index < -0.39 is 0 Å². The van der Waals surface area contributed by atoms with Crippen molar-refractivity contribution in [1.29, 1.82) is 0 Å². The number of anilines is 1. The molecule has 0 saturated carbocycles. The van der Waals surface area contributed by atoms with Gasteiger partial charge in [-0.2, -0.15) is 0 Å². The van der Waals surface area contributed by atoms with Gasteiger partial charge in [-0.25, -0.2) is 4.98 Å². The summed E-state index contributed by atoms with van der Waals surface area (Å²) in [7, 11) is 0. The van der Waals surface area contributed by atoms with Crippen molar-refractivity contribution in [2.45, 2.75) is 19.3 Å². The molecule has 104 valence electrons. The van der Waals surface area contributed by atoms with Crippen LogP contribution in [-0.4, -0.2) is 17.4 Å². The number of aromatic nitrogens is 1. The molecule has 20 heavy (non-hydrogen) atoms. The van der Waals surface area contributed by atoms with Gasteiger partial charge in [-0.15, -0.1) is 11.3 Å². The summed E-state index contributed by atoms with van der Waals surface area (Å²) in [6.45, 7) is 0.652. The Balaban J connectivity index is 1.76. The minimum atomic E-state index is 0.0790. The number of hydrogen-bond donors (Lipinski definition) is 1. The third kappa shape index (κ3) is 2.78. The maximum atomic E-state index is 12.1. The van der Waals surface area contributed by atoms with Gasteiger partial charge < -0.3 is 10.5 Å². The van der Waals surface area contributed by atoms with Crippen LogP contribution in [0, 0.1) is 0 Å². The number of ketones is 1. The fourth-order valence-electron chi connectivity index (χ4n) is 2.36. The molecule has 0 aliphatic carbocycles. The Bertz CT molecular complexity index is 669. The highest BCUT2D eigenvalue weighted by Crippen LogP contribution is 2.33. The van der Waals surface area contributed by atoms with Crippen molar-refractivity contribution in [1.82, 2.24) is 4.98 Å². The second-order valence-electron chi connectivity index (χ2n) is 4.72. The average Bonchev–Trinajstić information content (AvgIpc) is 2.98. The van der Waals surface area contributed by atoms with Crippen LogP contribution in [0.5, 0.6) is 5.75 Å². The molecule has 0 bridgehead atoms. The maximum Gasteiger partial charge on any atom is 0.180 e. The molecular formula is C14H13ClN2O2S. The lowest BCUT2D eigenvalue weighted by atomic mass is 10.0. The SMILES string of the molecule is Nc1nc(CC(=O)Cc2cc(Cl)cc3c2OCC3)cs1. The Kier molecular flexibility index (Phi) is 3.63. The van der Waals surface area contributed by atoms with E-state index in [4.69, 9.17) is 22.1 Å². The zero-order valence-corrected chi connectivity index (χ0v) is 12.3. The number of nitrogen functional groups attached to an aromatic ring is 1. The minimum absolute atomic E-state index is 0.0790. The number of fused-ring (bicyclic) bond motifs is 1. The smallest absolute Gasteiger partial charge is 0.180 e. The summed E-state index contributed by atoms with van der Waals surface area (Å²) in [5.41, 5.74) is 8.22. The van der Waals surface area contributed by atoms with Gasteiger partial charge in [0.15, 0.2) is 5.13 Å². The molecule has 2 aromatic rings. The fourth-order valence-corrected chi connectivity index (χ4v) is 3.18. The summed E-state index contributed by atoms with van der Waals surface area (Å²) < 4.78 is 5.60. The van der Waals surface area contributed by atoms with E-state index in [1.807, 2.05) is 11.4 Å². The molecule has 0 atom stereocenters. The number of benzene rings is 1. The van der Waals surface area contributed by atoms with Crippen molar-refractivity contribution in [2.24, 2.45) is 0 Å². The molecule has 0 amide bonds. The largest absolute Gasteiger partial charge is 0.493 e. The van der Waals surface area contributed by atoms with Crippen LogP contribution >= 0.6 is 22.9 Å². The molecule has 0 saturated heterocycles. The summed E-state index contributed by atoms with van der Waals surface area (Å²) in [6.07, 6.45) is 1.44. The van der Waals surface area contributed by atoms with Gasteiger partial charge in [0.2, 0.25) is 0 Å². The highest BCUT2D eigenvalue weighted by atomic mass is 35.5. The van der Waals surface area contributed by atoms with E-state index in [1.165, 1.54) is 11.3 Å². The second kappa shape index (κ2) is 5.42. The number of nitrogens with zero attached hydrogens (tertiary/aromatic N) is 1. The van der Waals surface area contributed by atoms with Gasteiger partial charge in [-0.05, 0) is 17.7 Å². The van der Waals surface area contributed by atoms with E-state index in [0.29, 0.717) is 23.2 Å². The third-order valence-corrected chi connectivity index (χ3v) is 4.10. The molecule has 0 radical (unpaired) electrons. The van der Waals surface area contributed by atoms with Gasteiger partial charge in [0.1, 0.15) is 11.5 Å². The molecular weight excluding hydrogens is 296 g/mol. The fraction of sp³-hybridized carbons (Fsp3) is 0.286. The molecule has 1 aromatic carbocycles. The van der Waals surface area contributed by atoms with Crippen LogP contribution in [-0.2, 0) is 24.1 Å².